The van der Waals surface area contributed by atoms with E-state index in [9.17, 15) is 4.21 Å². The van der Waals surface area contributed by atoms with Gasteiger partial charge in [0.2, 0.25) is 0 Å². The van der Waals surface area contributed by atoms with Crippen LogP contribution in [0.5, 0.6) is 0 Å². The van der Waals surface area contributed by atoms with Gasteiger partial charge in [0.25, 0.3) is 0 Å². The summed E-state index contributed by atoms with van der Waals surface area (Å²) in [6.45, 7) is 3.93. The molecule has 0 saturated carbocycles. The lowest BCUT2D eigenvalue weighted by molar-refractivity contribution is 0.687. The van der Waals surface area contributed by atoms with Gasteiger partial charge in [0.1, 0.15) is 11.0 Å². The number of hydrogen-bond acceptors (Lipinski definition) is 2. The average molecular weight is 212 g/mol. The Balaban J connectivity index is 2.81. The molecule has 0 aromatic heterocycles. The summed E-state index contributed by atoms with van der Waals surface area (Å²) in [7, 11) is -1.00. The third kappa shape index (κ3) is 2.73. The number of hydrogen-bond donors (Lipinski definition) is 2. The Bertz CT molecular complexity index is 339. The van der Waals surface area contributed by atoms with Crippen molar-refractivity contribution in [2.45, 2.75) is 20.3 Å². The fourth-order valence-corrected chi connectivity index (χ4v) is 1.72. The molecule has 0 radical (unpaired) electrons. The van der Waals surface area contributed by atoms with Gasteiger partial charge < -0.3 is 10.5 Å². The number of anilines is 2. The number of aryl methyl sites for hydroxylation is 1. The predicted molar refractivity (Wildman–Crippen MR) is 62.5 cm³/mol. The fourth-order valence-electron chi connectivity index (χ4n) is 1.18. The van der Waals surface area contributed by atoms with Gasteiger partial charge in [0.15, 0.2) is 0 Å². The van der Waals surface area contributed by atoms with Crippen molar-refractivity contribution in [3.8, 4) is 0 Å². The van der Waals surface area contributed by atoms with Crippen LogP contribution in [-0.2, 0) is 17.4 Å². The maximum atomic E-state index is 11.2. The largest absolute Gasteiger partial charge is 0.398 e. The van der Waals surface area contributed by atoms with Crippen LogP contribution in [-0.4, -0.2) is 9.96 Å². The zero-order valence-corrected chi connectivity index (χ0v) is 9.36. The van der Waals surface area contributed by atoms with Crippen LogP contribution in [0.1, 0.15) is 19.4 Å². The highest BCUT2D eigenvalue weighted by Crippen LogP contribution is 2.18. The standard InChI is InChI=1S/C10H16N2OS/c1-3-8-5-6-9(7-10(8)11)12-14(13)4-2/h5-7,12H,3-4,11H2,1-2H3. The molecular weight excluding hydrogens is 196 g/mol. The molecule has 0 bridgehead atoms. The summed E-state index contributed by atoms with van der Waals surface area (Å²) in [6, 6.07) is 5.69. The highest BCUT2D eigenvalue weighted by Gasteiger charge is 2.00. The van der Waals surface area contributed by atoms with Gasteiger partial charge in [-0.25, -0.2) is 4.21 Å². The molecule has 1 aromatic carbocycles. The van der Waals surface area contributed by atoms with Gasteiger partial charge in [-0.05, 0) is 24.1 Å². The molecule has 14 heavy (non-hydrogen) atoms. The monoisotopic (exact) mass is 212 g/mol. The first-order valence-corrected chi connectivity index (χ1v) is 6.02. The van der Waals surface area contributed by atoms with E-state index in [-0.39, 0.29) is 0 Å². The fraction of sp³-hybridized carbons (Fsp3) is 0.400. The molecule has 1 unspecified atom stereocenters. The molecule has 0 amide bonds. The summed E-state index contributed by atoms with van der Waals surface area (Å²) in [5.41, 5.74) is 8.51. The number of nitrogens with one attached hydrogen (secondary N) is 1. The number of benzene rings is 1. The lowest BCUT2D eigenvalue weighted by Gasteiger charge is -2.07. The van der Waals surface area contributed by atoms with Gasteiger partial charge in [-0.2, -0.15) is 0 Å². The Hall–Kier alpha value is -1.03. The second kappa shape index (κ2) is 5.00. The van der Waals surface area contributed by atoms with Crippen molar-refractivity contribution in [3.05, 3.63) is 23.8 Å². The molecule has 1 atom stereocenters. The number of nitrogen functional groups attached to an aromatic ring is 1. The van der Waals surface area contributed by atoms with Crippen molar-refractivity contribution in [3.63, 3.8) is 0 Å². The van der Waals surface area contributed by atoms with E-state index in [2.05, 4.69) is 11.6 Å². The van der Waals surface area contributed by atoms with Gasteiger partial charge in [-0.15, -0.1) is 0 Å². The summed E-state index contributed by atoms with van der Waals surface area (Å²) < 4.78 is 14.1. The van der Waals surface area contributed by atoms with Crippen LogP contribution < -0.4 is 10.5 Å². The summed E-state index contributed by atoms with van der Waals surface area (Å²) in [5, 5.41) is 0. The Labute approximate surface area is 87.3 Å². The highest BCUT2D eigenvalue weighted by atomic mass is 32.2. The quantitative estimate of drug-likeness (QED) is 0.749. The molecule has 78 valence electrons. The minimum atomic E-state index is -1.00. The van der Waals surface area contributed by atoms with Crippen molar-refractivity contribution in [2.75, 3.05) is 16.2 Å². The molecule has 1 rings (SSSR count). The molecule has 0 aliphatic carbocycles. The van der Waals surface area contributed by atoms with E-state index in [4.69, 9.17) is 5.73 Å². The normalized spacial score (nSPS) is 12.4. The molecular formula is C10H16N2OS. The highest BCUT2D eigenvalue weighted by molar-refractivity contribution is 7.86. The van der Waals surface area contributed by atoms with Crippen LogP contribution in [0.25, 0.3) is 0 Å². The Morgan fingerprint density at radius 2 is 2.14 bits per heavy atom. The Kier molecular flexibility index (Phi) is 3.95. The molecule has 0 heterocycles. The molecule has 4 heteroatoms. The first-order chi connectivity index (χ1) is 6.67. The Morgan fingerprint density at radius 1 is 1.43 bits per heavy atom. The third-order valence-corrected chi connectivity index (χ3v) is 3.01. The van der Waals surface area contributed by atoms with E-state index in [0.717, 1.165) is 23.4 Å². The lowest BCUT2D eigenvalue weighted by Crippen LogP contribution is -2.06. The molecule has 3 nitrogen and oxygen atoms in total. The third-order valence-electron chi connectivity index (χ3n) is 2.02. The van der Waals surface area contributed by atoms with Crippen molar-refractivity contribution < 1.29 is 4.21 Å². The zero-order valence-electron chi connectivity index (χ0n) is 8.54. The van der Waals surface area contributed by atoms with E-state index in [1.165, 1.54) is 0 Å². The topological polar surface area (TPSA) is 55.1 Å². The van der Waals surface area contributed by atoms with Gasteiger partial charge in [-0.3, -0.25) is 0 Å². The maximum Gasteiger partial charge on any atom is 0.116 e. The Morgan fingerprint density at radius 3 is 2.64 bits per heavy atom. The SMILES string of the molecule is CCc1ccc(NS(=O)CC)cc1N. The van der Waals surface area contributed by atoms with Crippen LogP contribution in [0.3, 0.4) is 0 Å². The predicted octanol–water partition coefficient (Wildman–Crippen LogP) is 1.93. The van der Waals surface area contributed by atoms with Gasteiger partial charge >= 0.3 is 0 Å². The van der Waals surface area contributed by atoms with E-state index >= 15 is 0 Å². The average Bonchev–Trinajstić information content (AvgIpc) is 2.18. The van der Waals surface area contributed by atoms with Crippen LogP contribution in [0.15, 0.2) is 18.2 Å². The minimum absolute atomic E-state index is 0.593. The van der Waals surface area contributed by atoms with E-state index in [0.29, 0.717) is 5.75 Å². The van der Waals surface area contributed by atoms with E-state index in [1.54, 1.807) is 0 Å². The smallest absolute Gasteiger partial charge is 0.116 e. The van der Waals surface area contributed by atoms with Crippen molar-refractivity contribution >= 4 is 22.4 Å². The van der Waals surface area contributed by atoms with E-state index in [1.807, 2.05) is 25.1 Å². The second-order valence-electron chi connectivity index (χ2n) is 3.00. The lowest BCUT2D eigenvalue weighted by atomic mass is 10.1. The molecule has 0 spiro atoms. The van der Waals surface area contributed by atoms with Crippen molar-refractivity contribution in [1.29, 1.82) is 0 Å². The summed E-state index contributed by atoms with van der Waals surface area (Å²) in [6.07, 6.45) is 0.920. The first kappa shape index (κ1) is 11.0. The summed E-state index contributed by atoms with van der Waals surface area (Å²) in [4.78, 5) is 0. The molecule has 0 saturated heterocycles. The maximum absolute atomic E-state index is 11.2. The van der Waals surface area contributed by atoms with Gasteiger partial charge in [-0.1, -0.05) is 19.9 Å². The minimum Gasteiger partial charge on any atom is -0.398 e. The van der Waals surface area contributed by atoms with Crippen molar-refractivity contribution in [1.82, 2.24) is 0 Å². The summed E-state index contributed by atoms with van der Waals surface area (Å²) in [5.74, 6) is 0.593. The van der Waals surface area contributed by atoms with E-state index < -0.39 is 11.0 Å². The second-order valence-corrected chi connectivity index (χ2v) is 4.48. The number of rotatable bonds is 4. The molecule has 0 fully saturated rings. The van der Waals surface area contributed by atoms with Gasteiger partial charge in [0.05, 0.1) is 0 Å². The zero-order chi connectivity index (χ0) is 10.6. The molecule has 1 aromatic rings. The number of nitrogens with two attached hydrogens (primary N) is 1. The van der Waals surface area contributed by atoms with Gasteiger partial charge in [0, 0.05) is 17.1 Å². The van der Waals surface area contributed by atoms with Crippen LogP contribution in [0.2, 0.25) is 0 Å². The molecule has 0 aliphatic heterocycles. The summed E-state index contributed by atoms with van der Waals surface area (Å²) >= 11 is 0. The first-order valence-electron chi connectivity index (χ1n) is 4.70. The van der Waals surface area contributed by atoms with Crippen LogP contribution >= 0.6 is 0 Å². The molecule has 0 aliphatic rings. The molecule has 3 N–H and O–H groups in total. The van der Waals surface area contributed by atoms with Crippen LogP contribution in [0.4, 0.5) is 11.4 Å². The van der Waals surface area contributed by atoms with Crippen LogP contribution in [0, 0.1) is 0 Å². The van der Waals surface area contributed by atoms with Crippen molar-refractivity contribution in [2.24, 2.45) is 0 Å².